The maximum absolute atomic E-state index is 10.6. The van der Waals surface area contributed by atoms with Gasteiger partial charge in [0, 0.05) is 13.0 Å². The standard InChI is InChI=1S/C14H20N2O4/c1-18-11-6-10(7-12-14(11)20-9-19-12)8-16-5-3-2-4-13(15)17/h6-7,16H,2-5,8-9H2,1H3,(H2,15,17). The van der Waals surface area contributed by atoms with Crippen LogP contribution in [0.5, 0.6) is 17.2 Å². The number of hydrogen-bond donors (Lipinski definition) is 2. The molecule has 1 amide bonds. The molecule has 1 aliphatic rings. The Kier molecular flexibility index (Phi) is 5.06. The zero-order valence-corrected chi connectivity index (χ0v) is 11.6. The average molecular weight is 280 g/mol. The average Bonchev–Trinajstić information content (AvgIpc) is 2.89. The molecule has 6 heteroatoms. The highest BCUT2D eigenvalue weighted by atomic mass is 16.7. The van der Waals surface area contributed by atoms with Gasteiger partial charge in [-0.3, -0.25) is 4.79 Å². The number of hydrogen-bond acceptors (Lipinski definition) is 5. The monoisotopic (exact) mass is 280 g/mol. The number of ether oxygens (including phenoxy) is 3. The molecule has 0 saturated heterocycles. The summed E-state index contributed by atoms with van der Waals surface area (Å²) in [7, 11) is 1.61. The molecule has 3 N–H and O–H groups in total. The second-order valence-corrected chi connectivity index (χ2v) is 4.63. The van der Waals surface area contributed by atoms with Crippen LogP contribution in [0.2, 0.25) is 0 Å². The first-order chi connectivity index (χ1) is 9.70. The Morgan fingerprint density at radius 2 is 2.25 bits per heavy atom. The number of unbranched alkanes of at least 4 members (excludes halogenated alkanes) is 1. The third-order valence-electron chi connectivity index (χ3n) is 3.07. The van der Waals surface area contributed by atoms with E-state index < -0.39 is 0 Å². The van der Waals surface area contributed by atoms with Gasteiger partial charge in [0.05, 0.1) is 7.11 Å². The smallest absolute Gasteiger partial charge is 0.231 e. The zero-order valence-electron chi connectivity index (χ0n) is 11.6. The highest BCUT2D eigenvalue weighted by Gasteiger charge is 2.19. The zero-order chi connectivity index (χ0) is 14.4. The molecule has 0 aliphatic carbocycles. The van der Waals surface area contributed by atoms with E-state index in [-0.39, 0.29) is 12.7 Å². The molecule has 0 aromatic heterocycles. The first-order valence-corrected chi connectivity index (χ1v) is 6.66. The van der Waals surface area contributed by atoms with Gasteiger partial charge in [-0.25, -0.2) is 0 Å². The Labute approximate surface area is 118 Å². The molecule has 0 fully saturated rings. The fourth-order valence-corrected chi connectivity index (χ4v) is 2.07. The lowest BCUT2D eigenvalue weighted by Gasteiger charge is -2.09. The Morgan fingerprint density at radius 3 is 3.00 bits per heavy atom. The van der Waals surface area contributed by atoms with Crippen LogP contribution < -0.4 is 25.3 Å². The molecule has 0 bridgehead atoms. The van der Waals surface area contributed by atoms with Crippen molar-refractivity contribution in [3.63, 3.8) is 0 Å². The van der Waals surface area contributed by atoms with Crippen LogP contribution in [0.4, 0.5) is 0 Å². The molecule has 1 aliphatic heterocycles. The van der Waals surface area contributed by atoms with Gasteiger partial charge in [0.1, 0.15) is 0 Å². The van der Waals surface area contributed by atoms with Crippen molar-refractivity contribution in [3.05, 3.63) is 17.7 Å². The molecule has 1 heterocycles. The van der Waals surface area contributed by atoms with Crippen molar-refractivity contribution < 1.29 is 19.0 Å². The number of fused-ring (bicyclic) bond motifs is 1. The highest BCUT2D eigenvalue weighted by molar-refractivity contribution is 5.73. The summed E-state index contributed by atoms with van der Waals surface area (Å²) >= 11 is 0. The largest absolute Gasteiger partial charge is 0.493 e. The normalized spacial score (nSPS) is 12.4. The molecule has 2 rings (SSSR count). The van der Waals surface area contributed by atoms with Crippen molar-refractivity contribution in [2.75, 3.05) is 20.4 Å². The number of carbonyl (C=O) groups is 1. The topological polar surface area (TPSA) is 82.8 Å². The minimum atomic E-state index is -0.245. The highest BCUT2D eigenvalue weighted by Crippen LogP contribution is 2.41. The molecule has 1 aromatic rings. The summed E-state index contributed by atoms with van der Waals surface area (Å²) in [6.45, 7) is 1.78. The molecule has 6 nitrogen and oxygen atoms in total. The van der Waals surface area contributed by atoms with E-state index in [9.17, 15) is 4.79 Å². The van der Waals surface area contributed by atoms with E-state index in [0.29, 0.717) is 24.5 Å². The molecule has 0 radical (unpaired) electrons. The van der Waals surface area contributed by atoms with Gasteiger partial charge in [0.25, 0.3) is 0 Å². The van der Waals surface area contributed by atoms with E-state index in [1.807, 2.05) is 12.1 Å². The summed E-state index contributed by atoms with van der Waals surface area (Å²) in [5.74, 6) is 1.82. The molecule has 0 unspecified atom stereocenters. The number of rotatable bonds is 8. The van der Waals surface area contributed by atoms with E-state index in [1.165, 1.54) is 0 Å². The van der Waals surface area contributed by atoms with E-state index in [2.05, 4.69) is 5.32 Å². The number of benzene rings is 1. The Bertz CT molecular complexity index is 476. The summed E-state index contributed by atoms with van der Waals surface area (Å²) in [5, 5.41) is 3.31. The van der Waals surface area contributed by atoms with Crippen molar-refractivity contribution in [1.29, 1.82) is 0 Å². The molecule has 0 spiro atoms. The fraction of sp³-hybridized carbons (Fsp3) is 0.500. The number of primary amides is 1. The minimum Gasteiger partial charge on any atom is -0.493 e. The maximum Gasteiger partial charge on any atom is 0.231 e. The third kappa shape index (κ3) is 3.77. The molecule has 0 atom stereocenters. The van der Waals surface area contributed by atoms with Gasteiger partial charge in [0.15, 0.2) is 11.5 Å². The lowest BCUT2D eigenvalue weighted by atomic mass is 10.1. The van der Waals surface area contributed by atoms with Gasteiger partial charge < -0.3 is 25.3 Å². The predicted octanol–water partition coefficient (Wildman–Crippen LogP) is 1.17. The van der Waals surface area contributed by atoms with Crippen LogP contribution in [-0.4, -0.2) is 26.4 Å². The maximum atomic E-state index is 10.6. The first kappa shape index (κ1) is 14.5. The molecule has 0 saturated carbocycles. The van der Waals surface area contributed by atoms with E-state index in [1.54, 1.807) is 7.11 Å². The third-order valence-corrected chi connectivity index (χ3v) is 3.07. The molecular formula is C14H20N2O4. The van der Waals surface area contributed by atoms with Crippen LogP contribution in [-0.2, 0) is 11.3 Å². The van der Waals surface area contributed by atoms with Crippen LogP contribution in [0.15, 0.2) is 12.1 Å². The number of nitrogens with two attached hydrogens (primary N) is 1. The lowest BCUT2D eigenvalue weighted by Crippen LogP contribution is -2.16. The summed E-state index contributed by atoms with van der Waals surface area (Å²) in [6, 6.07) is 3.88. The molecular weight excluding hydrogens is 260 g/mol. The van der Waals surface area contributed by atoms with E-state index in [0.717, 1.165) is 30.7 Å². The number of nitrogens with one attached hydrogen (secondary N) is 1. The molecule has 110 valence electrons. The Morgan fingerprint density at radius 1 is 1.40 bits per heavy atom. The van der Waals surface area contributed by atoms with Gasteiger partial charge in [-0.1, -0.05) is 0 Å². The van der Waals surface area contributed by atoms with Crippen LogP contribution in [0, 0.1) is 0 Å². The predicted molar refractivity (Wildman–Crippen MR) is 73.9 cm³/mol. The summed E-state index contributed by atoms with van der Waals surface area (Å²) < 4.78 is 16.0. The van der Waals surface area contributed by atoms with Crippen molar-refractivity contribution >= 4 is 5.91 Å². The van der Waals surface area contributed by atoms with Crippen molar-refractivity contribution in [3.8, 4) is 17.2 Å². The van der Waals surface area contributed by atoms with Gasteiger partial charge in [0.2, 0.25) is 18.4 Å². The van der Waals surface area contributed by atoms with Crippen LogP contribution in [0.25, 0.3) is 0 Å². The van der Waals surface area contributed by atoms with Crippen molar-refractivity contribution in [2.45, 2.75) is 25.8 Å². The number of methoxy groups -OCH3 is 1. The Balaban J connectivity index is 1.80. The van der Waals surface area contributed by atoms with Crippen LogP contribution in [0.3, 0.4) is 0 Å². The minimum absolute atomic E-state index is 0.232. The first-order valence-electron chi connectivity index (χ1n) is 6.66. The lowest BCUT2D eigenvalue weighted by molar-refractivity contribution is -0.118. The van der Waals surface area contributed by atoms with Gasteiger partial charge >= 0.3 is 0 Å². The van der Waals surface area contributed by atoms with Gasteiger partial charge in [-0.2, -0.15) is 0 Å². The van der Waals surface area contributed by atoms with E-state index >= 15 is 0 Å². The number of amides is 1. The fourth-order valence-electron chi connectivity index (χ4n) is 2.07. The van der Waals surface area contributed by atoms with Gasteiger partial charge in [-0.05, 0) is 37.1 Å². The second-order valence-electron chi connectivity index (χ2n) is 4.63. The quantitative estimate of drug-likeness (QED) is 0.698. The second kappa shape index (κ2) is 7.00. The van der Waals surface area contributed by atoms with E-state index in [4.69, 9.17) is 19.9 Å². The van der Waals surface area contributed by atoms with Crippen molar-refractivity contribution in [2.24, 2.45) is 5.73 Å². The summed E-state index contributed by atoms with van der Waals surface area (Å²) in [5.41, 5.74) is 6.15. The van der Waals surface area contributed by atoms with Gasteiger partial charge in [-0.15, -0.1) is 0 Å². The number of carbonyl (C=O) groups excluding carboxylic acids is 1. The van der Waals surface area contributed by atoms with Crippen molar-refractivity contribution in [1.82, 2.24) is 5.32 Å². The summed E-state index contributed by atoms with van der Waals surface area (Å²) in [4.78, 5) is 10.6. The SMILES string of the molecule is COc1cc(CNCCCCC(N)=O)cc2c1OCO2. The summed E-state index contributed by atoms with van der Waals surface area (Å²) in [6.07, 6.45) is 2.18. The molecule has 1 aromatic carbocycles. The molecule has 20 heavy (non-hydrogen) atoms. The van der Waals surface area contributed by atoms with Crippen LogP contribution in [0.1, 0.15) is 24.8 Å². The van der Waals surface area contributed by atoms with Crippen LogP contribution >= 0.6 is 0 Å². The Hall–Kier alpha value is -1.95.